The highest BCUT2D eigenvalue weighted by molar-refractivity contribution is 9.10. The normalized spacial score (nSPS) is 20.5. The number of rotatable bonds is 6. The van der Waals surface area contributed by atoms with Gasteiger partial charge in [-0.2, -0.15) is 0 Å². The molecule has 24 heavy (non-hydrogen) atoms. The summed E-state index contributed by atoms with van der Waals surface area (Å²) in [7, 11) is 2.14. The summed E-state index contributed by atoms with van der Waals surface area (Å²) in [6.07, 6.45) is 6.51. The van der Waals surface area contributed by atoms with Crippen LogP contribution in [-0.4, -0.2) is 54.3 Å². The molecule has 0 amide bonds. The number of aliphatic hydroxyl groups is 1. The van der Waals surface area contributed by atoms with E-state index in [4.69, 9.17) is 5.11 Å². The van der Waals surface area contributed by atoms with E-state index in [2.05, 4.69) is 62.6 Å². The average molecular weight is 394 g/mol. The van der Waals surface area contributed by atoms with Crippen molar-refractivity contribution < 1.29 is 5.11 Å². The lowest BCUT2D eigenvalue weighted by Gasteiger charge is -2.34. The molecule has 1 aliphatic rings. The Kier molecular flexibility index (Phi) is 8.04. The third-order valence-electron chi connectivity index (χ3n) is 4.79. The van der Waals surface area contributed by atoms with Gasteiger partial charge < -0.3 is 10.0 Å². The lowest BCUT2D eigenvalue weighted by molar-refractivity contribution is 0.216. The van der Waals surface area contributed by atoms with Crippen molar-refractivity contribution in [2.24, 2.45) is 5.92 Å². The van der Waals surface area contributed by atoms with Gasteiger partial charge in [-0.3, -0.25) is 4.90 Å². The zero-order chi connectivity index (χ0) is 17.4. The van der Waals surface area contributed by atoms with Crippen LogP contribution in [0.3, 0.4) is 0 Å². The molecule has 1 aliphatic carbocycles. The van der Waals surface area contributed by atoms with Crippen molar-refractivity contribution >= 4 is 21.7 Å². The maximum absolute atomic E-state index is 9.00. The van der Waals surface area contributed by atoms with Gasteiger partial charge >= 0.3 is 0 Å². The Hall–Kier alpha value is -1.09. The van der Waals surface area contributed by atoms with Crippen LogP contribution in [0.2, 0.25) is 0 Å². The van der Waals surface area contributed by atoms with Crippen LogP contribution < -0.4 is 4.90 Å². The predicted octanol–water partition coefficient (Wildman–Crippen LogP) is 3.16. The number of anilines is 1. The molecule has 0 unspecified atom stereocenters. The van der Waals surface area contributed by atoms with Crippen LogP contribution >= 0.6 is 15.9 Å². The minimum absolute atomic E-state index is 0.205. The highest BCUT2D eigenvalue weighted by atomic mass is 79.9. The molecule has 0 bridgehead atoms. The van der Waals surface area contributed by atoms with Gasteiger partial charge in [0, 0.05) is 36.2 Å². The molecule has 0 saturated heterocycles. The number of aliphatic hydroxyl groups excluding tert-OH is 1. The maximum atomic E-state index is 9.00. The molecule has 132 valence electrons. The fourth-order valence-electron chi connectivity index (χ4n) is 3.16. The largest absolute Gasteiger partial charge is 0.395 e. The molecule has 0 spiro atoms. The van der Waals surface area contributed by atoms with Gasteiger partial charge in [-0.1, -0.05) is 18.8 Å². The van der Waals surface area contributed by atoms with Gasteiger partial charge in [0.25, 0.3) is 0 Å². The van der Waals surface area contributed by atoms with Crippen LogP contribution in [-0.2, 0) is 0 Å². The number of nitrogens with zero attached hydrogens (tertiary/aromatic N) is 3. The van der Waals surface area contributed by atoms with Crippen LogP contribution in [0, 0.1) is 17.8 Å². The summed E-state index contributed by atoms with van der Waals surface area (Å²) in [4.78, 5) is 8.97. The highest BCUT2D eigenvalue weighted by Gasteiger charge is 2.23. The molecule has 1 fully saturated rings. The molecule has 0 radical (unpaired) electrons. The number of hydrogen-bond donors (Lipinski definition) is 1. The van der Waals surface area contributed by atoms with Gasteiger partial charge in [0.05, 0.1) is 13.2 Å². The molecule has 4 nitrogen and oxygen atoms in total. The summed E-state index contributed by atoms with van der Waals surface area (Å²) in [6.45, 7) is 4.72. The number of likely N-dealkylation sites (N-methyl/N-ethyl adjacent to an activating group) is 1. The zero-order valence-corrected chi connectivity index (χ0v) is 16.3. The molecular formula is C19H28BrN3O. The van der Waals surface area contributed by atoms with Gasteiger partial charge in [-0.05, 0) is 60.3 Å². The average Bonchev–Trinajstić information content (AvgIpc) is 2.61. The van der Waals surface area contributed by atoms with E-state index in [1.807, 2.05) is 12.3 Å². The van der Waals surface area contributed by atoms with Crippen molar-refractivity contribution in [3.63, 3.8) is 0 Å². The van der Waals surface area contributed by atoms with Gasteiger partial charge in [-0.25, -0.2) is 4.98 Å². The Bertz CT molecular complexity index is 544. The zero-order valence-electron chi connectivity index (χ0n) is 14.7. The summed E-state index contributed by atoms with van der Waals surface area (Å²) >= 11 is 3.43. The van der Waals surface area contributed by atoms with E-state index in [0.29, 0.717) is 18.5 Å². The molecule has 1 aromatic rings. The SMILES string of the molecule is CCN(CC#C[C@H]1CC[C@H](N(C)c2ccc(Br)cn2)CC1)CCO. The fraction of sp³-hybridized carbons (Fsp3) is 0.632. The van der Waals surface area contributed by atoms with E-state index in [0.717, 1.165) is 36.2 Å². The number of pyridine rings is 1. The van der Waals surface area contributed by atoms with Crippen LogP contribution in [0.25, 0.3) is 0 Å². The fourth-order valence-corrected chi connectivity index (χ4v) is 3.40. The lowest BCUT2D eigenvalue weighted by Crippen LogP contribution is -2.35. The van der Waals surface area contributed by atoms with Gasteiger partial charge in [0.2, 0.25) is 0 Å². The second-order valence-electron chi connectivity index (χ2n) is 6.36. The van der Waals surface area contributed by atoms with E-state index < -0.39 is 0 Å². The number of halogens is 1. The Morgan fingerprint density at radius 1 is 1.29 bits per heavy atom. The predicted molar refractivity (Wildman–Crippen MR) is 103 cm³/mol. The lowest BCUT2D eigenvalue weighted by atomic mass is 9.86. The molecule has 0 aromatic carbocycles. The second-order valence-corrected chi connectivity index (χ2v) is 7.28. The number of hydrogen-bond acceptors (Lipinski definition) is 4. The standard InChI is InChI=1S/C19H28BrN3O/c1-3-23(13-14-24)12-4-5-16-6-9-18(10-7-16)22(2)19-11-8-17(20)15-21-19/h8,11,15-16,18,24H,3,6-7,9-10,12-14H2,1-2H3/t16-,18-. The number of aromatic nitrogens is 1. The Balaban J connectivity index is 1.80. The minimum Gasteiger partial charge on any atom is -0.395 e. The molecule has 5 heteroatoms. The first-order chi connectivity index (χ1) is 11.6. The third-order valence-corrected chi connectivity index (χ3v) is 5.26. The summed E-state index contributed by atoms with van der Waals surface area (Å²) in [5.74, 6) is 8.30. The molecule has 1 saturated carbocycles. The van der Waals surface area contributed by atoms with E-state index >= 15 is 0 Å². The summed E-state index contributed by atoms with van der Waals surface area (Å²) in [6, 6.07) is 4.66. The summed E-state index contributed by atoms with van der Waals surface area (Å²) in [5, 5.41) is 9.00. The highest BCUT2D eigenvalue weighted by Crippen LogP contribution is 2.29. The van der Waals surface area contributed by atoms with E-state index in [9.17, 15) is 0 Å². The topological polar surface area (TPSA) is 39.6 Å². The second kappa shape index (κ2) is 10.0. The van der Waals surface area contributed by atoms with Crippen molar-refractivity contribution in [3.05, 3.63) is 22.8 Å². The van der Waals surface area contributed by atoms with Crippen LogP contribution in [0.4, 0.5) is 5.82 Å². The Labute approximate surface area is 154 Å². The molecule has 0 atom stereocenters. The minimum atomic E-state index is 0.205. The van der Waals surface area contributed by atoms with Gasteiger partial charge in [0.15, 0.2) is 0 Å². The van der Waals surface area contributed by atoms with Gasteiger partial charge in [0.1, 0.15) is 5.82 Å². The van der Waals surface area contributed by atoms with Gasteiger partial charge in [-0.15, -0.1) is 0 Å². The quantitative estimate of drug-likeness (QED) is 0.753. The Morgan fingerprint density at radius 2 is 2.04 bits per heavy atom. The molecule has 1 aromatic heterocycles. The van der Waals surface area contributed by atoms with E-state index in [1.165, 1.54) is 12.8 Å². The van der Waals surface area contributed by atoms with Crippen molar-refractivity contribution in [1.29, 1.82) is 0 Å². The smallest absolute Gasteiger partial charge is 0.128 e. The third kappa shape index (κ3) is 5.77. The summed E-state index contributed by atoms with van der Waals surface area (Å²) < 4.78 is 1.01. The first-order valence-corrected chi connectivity index (χ1v) is 9.59. The van der Waals surface area contributed by atoms with Crippen LogP contribution in [0.1, 0.15) is 32.6 Å². The summed E-state index contributed by atoms with van der Waals surface area (Å²) in [5.41, 5.74) is 0. The van der Waals surface area contributed by atoms with Crippen molar-refractivity contribution in [3.8, 4) is 11.8 Å². The van der Waals surface area contributed by atoms with Crippen molar-refractivity contribution in [2.75, 3.05) is 38.2 Å². The first-order valence-electron chi connectivity index (χ1n) is 8.80. The first kappa shape index (κ1) is 19.2. The van der Waals surface area contributed by atoms with Crippen LogP contribution in [0.15, 0.2) is 22.8 Å². The van der Waals surface area contributed by atoms with E-state index in [-0.39, 0.29) is 6.61 Å². The van der Waals surface area contributed by atoms with Crippen molar-refractivity contribution in [2.45, 2.75) is 38.6 Å². The van der Waals surface area contributed by atoms with Crippen molar-refractivity contribution in [1.82, 2.24) is 9.88 Å². The van der Waals surface area contributed by atoms with Crippen LogP contribution in [0.5, 0.6) is 0 Å². The molecule has 1 N–H and O–H groups in total. The maximum Gasteiger partial charge on any atom is 0.128 e. The molecular weight excluding hydrogens is 366 g/mol. The Morgan fingerprint density at radius 3 is 2.62 bits per heavy atom. The molecule has 0 aliphatic heterocycles. The van der Waals surface area contributed by atoms with E-state index in [1.54, 1.807) is 0 Å². The monoisotopic (exact) mass is 393 g/mol. The molecule has 2 rings (SSSR count). The molecule has 1 heterocycles.